The molecule has 1 heterocycles. The van der Waals surface area contributed by atoms with Crippen LogP contribution in [0.5, 0.6) is 11.5 Å². The van der Waals surface area contributed by atoms with Crippen molar-refractivity contribution in [1.82, 2.24) is 0 Å². The molecule has 0 aromatic heterocycles. The smallest absolute Gasteiger partial charge is 0.339 e. The summed E-state index contributed by atoms with van der Waals surface area (Å²) in [4.78, 5) is 12.0. The number of esters is 1. The summed E-state index contributed by atoms with van der Waals surface area (Å²) in [7, 11) is 1.34. The van der Waals surface area contributed by atoms with Crippen LogP contribution in [-0.2, 0) is 4.74 Å². The lowest BCUT2D eigenvalue weighted by Crippen LogP contribution is -2.08. The fraction of sp³-hybridized carbons (Fsp3) is 0.211. The number of nitrogens with two attached hydrogens (primary N) is 1. The van der Waals surface area contributed by atoms with E-state index in [4.69, 9.17) is 19.9 Å². The maximum Gasteiger partial charge on any atom is 0.339 e. The minimum absolute atomic E-state index is 0.360. The molecule has 5 nitrogen and oxygen atoms in total. The fourth-order valence-electron chi connectivity index (χ4n) is 2.41. The van der Waals surface area contributed by atoms with E-state index in [0.717, 1.165) is 0 Å². The molecule has 0 spiro atoms. The van der Waals surface area contributed by atoms with Crippen LogP contribution in [-0.4, -0.2) is 26.3 Å². The number of anilines is 1. The first-order valence-corrected chi connectivity index (χ1v) is 7.58. The Hall–Kier alpha value is -3.13. The van der Waals surface area contributed by atoms with Crippen molar-refractivity contribution in [3.8, 4) is 23.3 Å². The van der Waals surface area contributed by atoms with Gasteiger partial charge in [0.2, 0.25) is 0 Å². The van der Waals surface area contributed by atoms with Gasteiger partial charge < -0.3 is 19.9 Å². The van der Waals surface area contributed by atoms with Gasteiger partial charge >= 0.3 is 5.97 Å². The summed E-state index contributed by atoms with van der Waals surface area (Å²) in [5.41, 5.74) is 8.00. The van der Waals surface area contributed by atoms with Crippen LogP contribution in [0.4, 0.5) is 5.69 Å². The van der Waals surface area contributed by atoms with Crippen LogP contribution in [0.15, 0.2) is 36.4 Å². The van der Waals surface area contributed by atoms with Crippen LogP contribution >= 0.6 is 0 Å². The summed E-state index contributed by atoms with van der Waals surface area (Å²) in [6.07, 6.45) is 0.691. The topological polar surface area (TPSA) is 70.8 Å². The van der Waals surface area contributed by atoms with E-state index in [1.165, 1.54) is 7.11 Å². The Kier molecular flexibility index (Phi) is 4.57. The molecule has 5 heteroatoms. The third kappa shape index (κ3) is 3.13. The normalized spacial score (nSPS) is 12.9. The van der Waals surface area contributed by atoms with Crippen molar-refractivity contribution in [2.75, 3.05) is 26.1 Å². The van der Waals surface area contributed by atoms with Crippen molar-refractivity contribution in [2.45, 2.75) is 6.42 Å². The van der Waals surface area contributed by atoms with Gasteiger partial charge in [-0.1, -0.05) is 24.0 Å². The largest absolute Gasteiger partial charge is 0.492 e. The lowest BCUT2D eigenvalue weighted by Gasteiger charge is -2.11. The first-order valence-electron chi connectivity index (χ1n) is 7.58. The van der Waals surface area contributed by atoms with Crippen LogP contribution in [0.25, 0.3) is 0 Å². The van der Waals surface area contributed by atoms with Gasteiger partial charge in [-0.15, -0.1) is 0 Å². The van der Waals surface area contributed by atoms with Crippen molar-refractivity contribution in [2.24, 2.45) is 0 Å². The second kappa shape index (κ2) is 6.97. The average Bonchev–Trinajstić information content (AvgIpc) is 2.64. The minimum Gasteiger partial charge on any atom is -0.492 e. The quantitative estimate of drug-likeness (QED) is 0.496. The molecule has 3 rings (SSSR count). The van der Waals surface area contributed by atoms with E-state index in [-0.39, 0.29) is 0 Å². The van der Waals surface area contributed by atoms with Crippen LogP contribution < -0.4 is 15.2 Å². The summed E-state index contributed by atoms with van der Waals surface area (Å²) in [6.45, 7) is 0.946. The maximum absolute atomic E-state index is 12.0. The Morgan fingerprint density at radius 2 is 1.67 bits per heavy atom. The Morgan fingerprint density at radius 3 is 2.38 bits per heavy atom. The maximum atomic E-state index is 12.0. The molecule has 1 aliphatic heterocycles. The van der Waals surface area contributed by atoms with Crippen LogP contribution in [0.2, 0.25) is 0 Å². The van der Waals surface area contributed by atoms with Gasteiger partial charge in [0.25, 0.3) is 0 Å². The molecule has 2 aromatic carbocycles. The summed E-state index contributed by atoms with van der Waals surface area (Å²) in [5.74, 6) is 6.73. The van der Waals surface area contributed by atoms with Gasteiger partial charge in [-0.3, -0.25) is 0 Å². The zero-order valence-corrected chi connectivity index (χ0v) is 13.3. The summed E-state index contributed by atoms with van der Waals surface area (Å²) in [6, 6.07) is 10.6. The summed E-state index contributed by atoms with van der Waals surface area (Å²) >= 11 is 0. The van der Waals surface area contributed by atoms with Crippen LogP contribution in [0.1, 0.15) is 27.9 Å². The zero-order chi connectivity index (χ0) is 16.9. The minimum atomic E-state index is -0.461. The molecule has 122 valence electrons. The molecule has 2 N–H and O–H groups in total. The number of methoxy groups -OCH3 is 1. The van der Waals surface area contributed by atoms with Gasteiger partial charge in [0.15, 0.2) is 0 Å². The first kappa shape index (κ1) is 15.8. The van der Waals surface area contributed by atoms with Gasteiger partial charge in [0.1, 0.15) is 11.5 Å². The number of ether oxygens (including phenoxy) is 3. The number of nitrogen functional groups attached to an aromatic ring is 1. The summed E-state index contributed by atoms with van der Waals surface area (Å²) < 4.78 is 16.3. The molecule has 0 aliphatic carbocycles. The third-order valence-electron chi connectivity index (χ3n) is 3.61. The average molecular weight is 323 g/mol. The fourth-order valence-corrected chi connectivity index (χ4v) is 2.41. The molecular formula is C19H17NO4. The van der Waals surface area contributed by atoms with E-state index >= 15 is 0 Å². The Balaban J connectivity index is 2.18. The van der Waals surface area contributed by atoms with E-state index in [1.807, 2.05) is 12.1 Å². The van der Waals surface area contributed by atoms with Gasteiger partial charge in [0.05, 0.1) is 42.7 Å². The number of carbonyl (C=O) groups is 1. The first-order chi connectivity index (χ1) is 11.7. The Bertz CT molecular complexity index is 833. The molecule has 0 radical (unpaired) electrons. The molecule has 2 aromatic rings. The Labute approximate surface area is 140 Å². The van der Waals surface area contributed by atoms with E-state index in [2.05, 4.69) is 11.8 Å². The van der Waals surface area contributed by atoms with Crippen molar-refractivity contribution in [1.29, 1.82) is 0 Å². The highest BCUT2D eigenvalue weighted by atomic mass is 16.5. The third-order valence-corrected chi connectivity index (χ3v) is 3.61. The Morgan fingerprint density at radius 1 is 1.04 bits per heavy atom. The van der Waals surface area contributed by atoms with Crippen molar-refractivity contribution < 1.29 is 19.0 Å². The van der Waals surface area contributed by atoms with E-state index < -0.39 is 5.97 Å². The predicted octanol–water partition coefficient (Wildman–Crippen LogP) is 2.62. The van der Waals surface area contributed by atoms with Crippen LogP contribution in [0, 0.1) is 11.8 Å². The van der Waals surface area contributed by atoms with Crippen molar-refractivity contribution in [3.63, 3.8) is 0 Å². The van der Waals surface area contributed by atoms with Gasteiger partial charge in [-0.25, -0.2) is 4.79 Å². The standard InChI is InChI=1S/C19H17NO4/c1-22-19(21)14-5-2-7-17-13(14)9-10-15-16(20)6-3-8-18(15)24-12-4-11-23-17/h2-3,5-8H,4,11-12,20H2,1H3. The number of rotatable bonds is 1. The number of hydrogen-bond acceptors (Lipinski definition) is 5. The number of hydrogen-bond donors (Lipinski definition) is 1. The molecule has 0 saturated heterocycles. The second-order valence-corrected chi connectivity index (χ2v) is 5.19. The number of benzene rings is 2. The monoisotopic (exact) mass is 323 g/mol. The SMILES string of the molecule is COC(=O)c1cccc2c1C#Cc1c(N)cccc1OCCCO2. The van der Waals surface area contributed by atoms with Crippen LogP contribution in [0.3, 0.4) is 0 Å². The molecule has 0 saturated carbocycles. The number of fused-ring (bicyclic) bond motifs is 2. The molecule has 0 fully saturated rings. The van der Waals surface area contributed by atoms with E-state index in [1.54, 1.807) is 24.3 Å². The van der Waals surface area contributed by atoms with E-state index in [9.17, 15) is 4.79 Å². The molecule has 0 unspecified atom stereocenters. The lowest BCUT2D eigenvalue weighted by molar-refractivity contribution is 0.0600. The van der Waals surface area contributed by atoms with Gasteiger partial charge in [-0.05, 0) is 24.3 Å². The van der Waals surface area contributed by atoms with E-state index in [0.29, 0.717) is 53.5 Å². The zero-order valence-electron chi connectivity index (χ0n) is 13.3. The molecule has 0 atom stereocenters. The second-order valence-electron chi connectivity index (χ2n) is 5.19. The van der Waals surface area contributed by atoms with Crippen molar-refractivity contribution in [3.05, 3.63) is 53.1 Å². The molecule has 1 aliphatic rings. The predicted molar refractivity (Wildman–Crippen MR) is 90.2 cm³/mol. The van der Waals surface area contributed by atoms with Crippen molar-refractivity contribution >= 4 is 11.7 Å². The highest BCUT2D eigenvalue weighted by Crippen LogP contribution is 2.27. The lowest BCUT2D eigenvalue weighted by atomic mass is 10.1. The summed E-state index contributed by atoms with van der Waals surface area (Å²) in [5, 5.41) is 0. The van der Waals surface area contributed by atoms with Gasteiger partial charge in [0, 0.05) is 6.42 Å². The number of carbonyl (C=O) groups excluding carboxylic acids is 1. The van der Waals surface area contributed by atoms with Gasteiger partial charge in [-0.2, -0.15) is 0 Å². The highest BCUT2D eigenvalue weighted by Gasteiger charge is 2.16. The highest BCUT2D eigenvalue weighted by molar-refractivity contribution is 5.93. The molecule has 24 heavy (non-hydrogen) atoms. The molecule has 0 bridgehead atoms. The molecule has 0 amide bonds. The molecular weight excluding hydrogens is 306 g/mol.